The van der Waals surface area contributed by atoms with E-state index in [2.05, 4.69) is 15.9 Å². The second-order valence-corrected chi connectivity index (χ2v) is 5.59. The van der Waals surface area contributed by atoms with Crippen molar-refractivity contribution >= 4 is 27.7 Å². The van der Waals surface area contributed by atoms with E-state index >= 15 is 0 Å². The molecular formula is C13H17BrN2O4. The van der Waals surface area contributed by atoms with Gasteiger partial charge in [-0.05, 0) is 40.9 Å². The van der Waals surface area contributed by atoms with Gasteiger partial charge in [0.25, 0.3) is 5.91 Å². The van der Waals surface area contributed by atoms with E-state index in [0.29, 0.717) is 11.2 Å². The quantitative estimate of drug-likeness (QED) is 0.838. The molecule has 0 atom stereocenters. The first kappa shape index (κ1) is 15.1. The molecule has 2 amide bonds. The first-order chi connectivity index (χ1) is 9.52. The van der Waals surface area contributed by atoms with Gasteiger partial charge in [-0.25, -0.2) is 0 Å². The van der Waals surface area contributed by atoms with Gasteiger partial charge in [-0.15, -0.1) is 0 Å². The van der Waals surface area contributed by atoms with Crippen molar-refractivity contribution in [2.24, 2.45) is 0 Å². The van der Waals surface area contributed by atoms with Crippen LogP contribution >= 0.6 is 15.9 Å². The summed E-state index contributed by atoms with van der Waals surface area (Å²) in [5.74, 6) is -0.306. The molecule has 1 fully saturated rings. The standard InChI is InChI=1S/C13H17BrN2O4/c1-15(13(19)10-4-5-11(14)20-10)8-12(18)16(6-7-17)9-2-3-9/h4-5,9,17H,2-3,6-8H2,1H3. The van der Waals surface area contributed by atoms with Gasteiger partial charge >= 0.3 is 0 Å². The van der Waals surface area contributed by atoms with Crippen molar-refractivity contribution in [1.29, 1.82) is 0 Å². The third kappa shape index (κ3) is 3.61. The Morgan fingerprint density at radius 2 is 2.15 bits per heavy atom. The Morgan fingerprint density at radius 1 is 1.45 bits per heavy atom. The minimum absolute atomic E-state index is 0.0202. The lowest BCUT2D eigenvalue weighted by molar-refractivity contribution is -0.132. The average molecular weight is 345 g/mol. The zero-order chi connectivity index (χ0) is 14.7. The monoisotopic (exact) mass is 344 g/mol. The summed E-state index contributed by atoms with van der Waals surface area (Å²) in [5.41, 5.74) is 0. The summed E-state index contributed by atoms with van der Waals surface area (Å²) in [7, 11) is 1.56. The van der Waals surface area contributed by atoms with Gasteiger partial charge in [0.05, 0.1) is 13.2 Å². The van der Waals surface area contributed by atoms with Gasteiger partial charge in [-0.3, -0.25) is 9.59 Å². The molecule has 0 unspecified atom stereocenters. The fourth-order valence-electron chi connectivity index (χ4n) is 1.99. The molecule has 2 rings (SSSR count). The van der Waals surface area contributed by atoms with Gasteiger partial charge in [0, 0.05) is 19.6 Å². The van der Waals surface area contributed by atoms with Crippen molar-refractivity contribution in [1.82, 2.24) is 9.80 Å². The van der Waals surface area contributed by atoms with Gasteiger partial charge < -0.3 is 19.3 Å². The Balaban J connectivity index is 1.94. The first-order valence-electron chi connectivity index (χ1n) is 6.44. The lowest BCUT2D eigenvalue weighted by Crippen LogP contribution is -2.43. The van der Waals surface area contributed by atoms with E-state index in [-0.39, 0.29) is 36.8 Å². The Bertz CT molecular complexity index is 498. The first-order valence-corrected chi connectivity index (χ1v) is 7.23. The number of carbonyl (C=O) groups excluding carboxylic acids is 2. The van der Waals surface area contributed by atoms with Crippen molar-refractivity contribution < 1.29 is 19.1 Å². The third-order valence-corrected chi connectivity index (χ3v) is 3.58. The minimum Gasteiger partial charge on any atom is -0.444 e. The van der Waals surface area contributed by atoms with Crippen LogP contribution < -0.4 is 0 Å². The Morgan fingerprint density at radius 3 is 2.65 bits per heavy atom. The van der Waals surface area contributed by atoms with E-state index < -0.39 is 0 Å². The molecule has 6 nitrogen and oxygen atoms in total. The molecule has 0 aromatic carbocycles. The molecule has 110 valence electrons. The Labute approximate surface area is 125 Å². The average Bonchev–Trinajstić information content (AvgIpc) is 3.16. The third-order valence-electron chi connectivity index (χ3n) is 3.15. The minimum atomic E-state index is -0.344. The van der Waals surface area contributed by atoms with Crippen LogP contribution in [0.15, 0.2) is 21.2 Å². The maximum atomic E-state index is 12.1. The maximum absolute atomic E-state index is 12.1. The summed E-state index contributed by atoms with van der Waals surface area (Å²) in [5, 5.41) is 8.99. The highest BCUT2D eigenvalue weighted by Crippen LogP contribution is 2.26. The van der Waals surface area contributed by atoms with Crippen LogP contribution in [-0.4, -0.2) is 59.5 Å². The molecule has 7 heteroatoms. The summed E-state index contributed by atoms with van der Waals surface area (Å²) in [6, 6.07) is 3.40. The number of rotatable bonds is 6. The molecule has 1 aliphatic rings. The largest absolute Gasteiger partial charge is 0.444 e. The molecule has 20 heavy (non-hydrogen) atoms. The molecule has 1 aromatic rings. The number of aliphatic hydroxyl groups excluding tert-OH is 1. The van der Waals surface area contributed by atoms with Crippen LogP contribution in [-0.2, 0) is 4.79 Å². The van der Waals surface area contributed by atoms with E-state index in [4.69, 9.17) is 9.52 Å². The molecule has 1 N–H and O–H groups in total. The second kappa shape index (κ2) is 6.41. The summed E-state index contributed by atoms with van der Waals surface area (Å²) in [6.45, 7) is 0.233. The molecule has 0 saturated heterocycles. The van der Waals surface area contributed by atoms with Crippen LogP contribution in [0.1, 0.15) is 23.4 Å². The zero-order valence-corrected chi connectivity index (χ0v) is 12.8. The SMILES string of the molecule is CN(CC(=O)N(CCO)C1CC1)C(=O)c1ccc(Br)o1. The van der Waals surface area contributed by atoms with Crippen molar-refractivity contribution in [2.75, 3.05) is 26.7 Å². The van der Waals surface area contributed by atoms with Crippen molar-refractivity contribution in [2.45, 2.75) is 18.9 Å². The number of aliphatic hydroxyl groups is 1. The lowest BCUT2D eigenvalue weighted by atomic mass is 10.3. The Hall–Kier alpha value is -1.34. The molecule has 1 saturated carbocycles. The molecule has 0 radical (unpaired) electrons. The highest BCUT2D eigenvalue weighted by molar-refractivity contribution is 9.10. The van der Waals surface area contributed by atoms with Gasteiger partial charge in [0.2, 0.25) is 5.91 Å². The van der Waals surface area contributed by atoms with Gasteiger partial charge in [-0.2, -0.15) is 0 Å². The predicted molar refractivity (Wildman–Crippen MR) is 75.2 cm³/mol. The Kier molecular flexibility index (Phi) is 4.82. The summed E-state index contributed by atoms with van der Waals surface area (Å²) in [4.78, 5) is 27.2. The van der Waals surface area contributed by atoms with Gasteiger partial charge in [0.15, 0.2) is 10.4 Å². The summed E-state index contributed by atoms with van der Waals surface area (Å²) < 4.78 is 5.65. The highest BCUT2D eigenvalue weighted by Gasteiger charge is 2.33. The molecule has 0 aliphatic heterocycles. The van der Waals surface area contributed by atoms with Crippen LogP contribution in [0.2, 0.25) is 0 Å². The van der Waals surface area contributed by atoms with E-state index in [0.717, 1.165) is 12.8 Å². The van der Waals surface area contributed by atoms with E-state index in [1.165, 1.54) is 4.90 Å². The molecule has 1 heterocycles. The number of amides is 2. The number of hydrogen-bond donors (Lipinski definition) is 1. The topological polar surface area (TPSA) is 74.0 Å². The smallest absolute Gasteiger partial charge is 0.289 e. The van der Waals surface area contributed by atoms with Crippen LogP contribution in [0.5, 0.6) is 0 Å². The fraction of sp³-hybridized carbons (Fsp3) is 0.538. The van der Waals surface area contributed by atoms with E-state index in [1.807, 2.05) is 0 Å². The van der Waals surface area contributed by atoms with Crippen LogP contribution in [0.25, 0.3) is 0 Å². The number of likely N-dealkylation sites (N-methyl/N-ethyl adjacent to an activating group) is 1. The molecule has 0 bridgehead atoms. The van der Waals surface area contributed by atoms with Crippen molar-refractivity contribution in [3.05, 3.63) is 22.6 Å². The number of carbonyl (C=O) groups is 2. The summed E-state index contributed by atoms with van der Waals surface area (Å²) >= 11 is 3.13. The highest BCUT2D eigenvalue weighted by atomic mass is 79.9. The van der Waals surface area contributed by atoms with Crippen LogP contribution in [0, 0.1) is 0 Å². The van der Waals surface area contributed by atoms with Crippen LogP contribution in [0.3, 0.4) is 0 Å². The normalized spacial score (nSPS) is 14.2. The number of nitrogens with zero attached hydrogens (tertiary/aromatic N) is 2. The molecular weight excluding hydrogens is 328 g/mol. The molecule has 0 spiro atoms. The maximum Gasteiger partial charge on any atom is 0.289 e. The van der Waals surface area contributed by atoms with Crippen molar-refractivity contribution in [3.8, 4) is 0 Å². The van der Waals surface area contributed by atoms with E-state index in [1.54, 1.807) is 24.1 Å². The molecule has 1 aliphatic carbocycles. The van der Waals surface area contributed by atoms with Gasteiger partial charge in [0.1, 0.15) is 0 Å². The summed E-state index contributed by atoms with van der Waals surface area (Å²) in [6.07, 6.45) is 1.93. The molecule has 1 aromatic heterocycles. The van der Waals surface area contributed by atoms with Gasteiger partial charge in [-0.1, -0.05) is 0 Å². The van der Waals surface area contributed by atoms with Crippen LogP contribution in [0.4, 0.5) is 0 Å². The number of hydrogen-bond acceptors (Lipinski definition) is 4. The van der Waals surface area contributed by atoms with Crippen molar-refractivity contribution in [3.63, 3.8) is 0 Å². The zero-order valence-electron chi connectivity index (χ0n) is 11.2. The predicted octanol–water partition coefficient (Wildman–Crippen LogP) is 1.10. The number of halogens is 1. The second-order valence-electron chi connectivity index (χ2n) is 4.81. The number of furan rings is 1. The van der Waals surface area contributed by atoms with E-state index in [9.17, 15) is 9.59 Å². The fourth-order valence-corrected chi connectivity index (χ4v) is 2.29. The lowest BCUT2D eigenvalue weighted by Gasteiger charge is -2.24.